The van der Waals surface area contributed by atoms with Gasteiger partial charge in [-0.2, -0.15) is 0 Å². The summed E-state index contributed by atoms with van der Waals surface area (Å²) >= 11 is 6.98. The molecule has 2 aromatic heterocycles. The SMILES string of the molecule is Cc1ccc(-c2cc(-c3ccc(Br)cc3)nc(-c3cc4cc(Br)ccc4oc3=O)c2)cc1. The molecule has 5 aromatic rings. The van der Waals surface area contributed by atoms with Crippen LogP contribution in [0.1, 0.15) is 5.56 Å². The summed E-state index contributed by atoms with van der Waals surface area (Å²) in [5.41, 5.74) is 6.15. The zero-order valence-electron chi connectivity index (χ0n) is 17.1. The molecule has 3 aromatic carbocycles. The van der Waals surface area contributed by atoms with Crippen LogP contribution >= 0.6 is 31.9 Å². The van der Waals surface area contributed by atoms with Gasteiger partial charge in [-0.1, -0.05) is 73.8 Å². The van der Waals surface area contributed by atoms with E-state index in [0.29, 0.717) is 16.8 Å². The normalized spacial score (nSPS) is 11.1. The standard InChI is InChI=1S/C27H17Br2NO2/c1-16-2-4-17(5-3-16)19-14-24(18-6-8-21(28)9-7-18)30-25(15-19)23-13-20-12-22(29)10-11-26(20)32-27(23)31/h2-15H,1H3. The van der Waals surface area contributed by atoms with Gasteiger partial charge in [0, 0.05) is 19.9 Å². The first kappa shape index (κ1) is 20.9. The number of nitrogens with zero attached hydrogens (tertiary/aromatic N) is 1. The molecular weight excluding hydrogens is 530 g/mol. The first-order chi connectivity index (χ1) is 15.5. The van der Waals surface area contributed by atoms with Crippen molar-refractivity contribution in [3.63, 3.8) is 0 Å². The molecule has 0 aliphatic rings. The number of aryl methyl sites for hydroxylation is 1. The Hall–Kier alpha value is -3.02. The van der Waals surface area contributed by atoms with Crippen molar-refractivity contribution in [2.45, 2.75) is 6.92 Å². The van der Waals surface area contributed by atoms with Crippen LogP contribution < -0.4 is 5.63 Å². The van der Waals surface area contributed by atoms with Gasteiger partial charge in [0.1, 0.15) is 5.58 Å². The molecular formula is C27H17Br2NO2. The molecule has 2 heterocycles. The molecule has 0 fully saturated rings. The van der Waals surface area contributed by atoms with Crippen molar-refractivity contribution < 1.29 is 4.42 Å². The summed E-state index contributed by atoms with van der Waals surface area (Å²) in [6, 6.07) is 27.7. The summed E-state index contributed by atoms with van der Waals surface area (Å²) in [4.78, 5) is 17.7. The number of rotatable bonds is 3. The van der Waals surface area contributed by atoms with Crippen LogP contribution in [-0.4, -0.2) is 4.98 Å². The van der Waals surface area contributed by atoms with Crippen molar-refractivity contribution in [3.8, 4) is 33.6 Å². The molecule has 32 heavy (non-hydrogen) atoms. The smallest absolute Gasteiger partial charge is 0.345 e. The number of benzene rings is 3. The van der Waals surface area contributed by atoms with E-state index in [0.717, 1.165) is 36.7 Å². The molecule has 0 N–H and O–H groups in total. The summed E-state index contributed by atoms with van der Waals surface area (Å²) in [5, 5.41) is 0.835. The minimum absolute atomic E-state index is 0.407. The number of pyridine rings is 1. The van der Waals surface area contributed by atoms with E-state index in [-0.39, 0.29) is 0 Å². The summed E-state index contributed by atoms with van der Waals surface area (Å²) in [7, 11) is 0. The minimum atomic E-state index is -0.407. The molecule has 0 bridgehead atoms. The highest BCUT2D eigenvalue weighted by molar-refractivity contribution is 9.10. The molecule has 156 valence electrons. The summed E-state index contributed by atoms with van der Waals surface area (Å²) in [6.45, 7) is 2.06. The van der Waals surface area contributed by atoms with Crippen molar-refractivity contribution in [2.24, 2.45) is 0 Å². The van der Waals surface area contributed by atoms with Crippen LogP contribution in [0.5, 0.6) is 0 Å². The number of aromatic nitrogens is 1. The maximum atomic E-state index is 12.9. The van der Waals surface area contributed by atoms with Crippen molar-refractivity contribution in [2.75, 3.05) is 0 Å². The number of halogens is 2. The second-order valence-electron chi connectivity index (χ2n) is 7.63. The Morgan fingerprint density at radius 3 is 2.09 bits per heavy atom. The van der Waals surface area contributed by atoms with Gasteiger partial charge >= 0.3 is 5.63 Å². The highest BCUT2D eigenvalue weighted by Crippen LogP contribution is 2.31. The van der Waals surface area contributed by atoms with Crippen LogP contribution in [0.4, 0.5) is 0 Å². The summed E-state index contributed by atoms with van der Waals surface area (Å²) in [6.07, 6.45) is 0. The predicted octanol–water partition coefficient (Wildman–Crippen LogP) is 8.02. The van der Waals surface area contributed by atoms with E-state index >= 15 is 0 Å². The fourth-order valence-electron chi connectivity index (χ4n) is 3.62. The largest absolute Gasteiger partial charge is 0.422 e. The molecule has 0 radical (unpaired) electrons. The lowest BCUT2D eigenvalue weighted by molar-refractivity contribution is 0.563. The average molecular weight is 547 g/mol. The van der Waals surface area contributed by atoms with Crippen LogP contribution in [0.2, 0.25) is 0 Å². The maximum Gasteiger partial charge on any atom is 0.345 e. The predicted molar refractivity (Wildman–Crippen MR) is 137 cm³/mol. The minimum Gasteiger partial charge on any atom is -0.422 e. The third-order valence-corrected chi connectivity index (χ3v) is 6.34. The lowest BCUT2D eigenvalue weighted by atomic mass is 9.99. The van der Waals surface area contributed by atoms with Crippen molar-refractivity contribution in [3.05, 3.63) is 110 Å². The molecule has 0 unspecified atom stereocenters. The van der Waals surface area contributed by atoms with Gasteiger partial charge in [-0.05, 0) is 66.6 Å². The van der Waals surface area contributed by atoms with E-state index in [1.807, 2.05) is 48.5 Å². The van der Waals surface area contributed by atoms with E-state index in [2.05, 4.69) is 69.1 Å². The van der Waals surface area contributed by atoms with E-state index in [1.165, 1.54) is 5.56 Å². The van der Waals surface area contributed by atoms with Crippen molar-refractivity contribution >= 4 is 42.8 Å². The number of hydrogen-bond donors (Lipinski definition) is 0. The monoisotopic (exact) mass is 545 g/mol. The quantitative estimate of drug-likeness (QED) is 0.215. The molecule has 0 aliphatic heterocycles. The highest BCUT2D eigenvalue weighted by Gasteiger charge is 2.14. The third kappa shape index (κ3) is 4.18. The van der Waals surface area contributed by atoms with Gasteiger partial charge in [0.2, 0.25) is 0 Å². The molecule has 0 saturated carbocycles. The lowest BCUT2D eigenvalue weighted by Crippen LogP contribution is -2.04. The van der Waals surface area contributed by atoms with Gasteiger partial charge in [0.05, 0.1) is 17.0 Å². The maximum absolute atomic E-state index is 12.9. The Labute approximate surface area is 202 Å². The van der Waals surface area contributed by atoms with Crippen molar-refractivity contribution in [1.29, 1.82) is 0 Å². The molecule has 3 nitrogen and oxygen atoms in total. The first-order valence-corrected chi connectivity index (χ1v) is 11.6. The van der Waals surface area contributed by atoms with E-state index in [1.54, 1.807) is 6.07 Å². The van der Waals surface area contributed by atoms with Crippen LogP contribution in [0.25, 0.3) is 44.6 Å². The van der Waals surface area contributed by atoms with Gasteiger partial charge in [-0.25, -0.2) is 9.78 Å². The van der Waals surface area contributed by atoms with Crippen LogP contribution in [0, 0.1) is 6.92 Å². The zero-order valence-corrected chi connectivity index (χ0v) is 20.3. The second-order valence-corrected chi connectivity index (χ2v) is 9.46. The van der Waals surface area contributed by atoms with E-state index in [4.69, 9.17) is 9.40 Å². The fraction of sp³-hybridized carbons (Fsp3) is 0.0370. The molecule has 0 amide bonds. The molecule has 0 aliphatic carbocycles. The van der Waals surface area contributed by atoms with Gasteiger partial charge in [0.15, 0.2) is 0 Å². The highest BCUT2D eigenvalue weighted by atomic mass is 79.9. The molecule has 5 rings (SSSR count). The third-order valence-electron chi connectivity index (χ3n) is 5.32. The van der Waals surface area contributed by atoms with Gasteiger partial charge in [-0.3, -0.25) is 0 Å². The first-order valence-electron chi connectivity index (χ1n) is 10.1. The van der Waals surface area contributed by atoms with Crippen molar-refractivity contribution in [1.82, 2.24) is 4.98 Å². The van der Waals surface area contributed by atoms with E-state index < -0.39 is 5.63 Å². The lowest BCUT2D eigenvalue weighted by Gasteiger charge is -2.11. The average Bonchev–Trinajstić information content (AvgIpc) is 2.79. The fourth-order valence-corrected chi connectivity index (χ4v) is 4.27. The summed E-state index contributed by atoms with van der Waals surface area (Å²) in [5.74, 6) is 0. The van der Waals surface area contributed by atoms with Gasteiger partial charge in [-0.15, -0.1) is 0 Å². The summed E-state index contributed by atoms with van der Waals surface area (Å²) < 4.78 is 7.52. The molecule has 0 spiro atoms. The van der Waals surface area contributed by atoms with E-state index in [9.17, 15) is 4.79 Å². The second kappa shape index (κ2) is 8.49. The molecule has 5 heteroatoms. The number of hydrogen-bond acceptors (Lipinski definition) is 3. The zero-order chi connectivity index (χ0) is 22.2. The Morgan fingerprint density at radius 2 is 1.34 bits per heavy atom. The Morgan fingerprint density at radius 1 is 0.688 bits per heavy atom. The van der Waals surface area contributed by atoms with Gasteiger partial charge < -0.3 is 4.42 Å². The Balaban J connectivity index is 1.75. The van der Waals surface area contributed by atoms with Crippen LogP contribution in [0.15, 0.2) is 103 Å². The topological polar surface area (TPSA) is 43.1 Å². The molecule has 0 atom stereocenters. The van der Waals surface area contributed by atoms with Crippen LogP contribution in [0.3, 0.4) is 0 Å². The number of fused-ring (bicyclic) bond motifs is 1. The Bertz CT molecular complexity index is 1440. The Kier molecular flexibility index (Phi) is 5.53. The van der Waals surface area contributed by atoms with Gasteiger partial charge in [0.25, 0.3) is 0 Å². The molecule has 0 saturated heterocycles. The van der Waals surface area contributed by atoms with Crippen LogP contribution in [-0.2, 0) is 0 Å².